The maximum Gasteiger partial charge on any atom is 0.0457 e. The Balaban J connectivity index is 1.89. The molecule has 0 aliphatic heterocycles. The molecule has 90 valence electrons. The number of fused-ring (bicyclic) bond motifs is 1. The largest absolute Gasteiger partial charge is 0.361 e. The van der Waals surface area contributed by atoms with Gasteiger partial charge in [0.15, 0.2) is 0 Å². The van der Waals surface area contributed by atoms with Gasteiger partial charge in [-0.2, -0.15) is 0 Å². The molecule has 0 saturated heterocycles. The summed E-state index contributed by atoms with van der Waals surface area (Å²) < 4.78 is 0. The number of nitrogens with zero attached hydrogens (tertiary/aromatic N) is 1. The van der Waals surface area contributed by atoms with Gasteiger partial charge in [-0.3, -0.25) is 0 Å². The molecule has 1 fully saturated rings. The highest BCUT2D eigenvalue weighted by Gasteiger charge is 2.32. The lowest BCUT2D eigenvalue weighted by atomic mass is 9.75. The molecule has 0 spiro atoms. The Hall–Kier alpha value is -1.28. The monoisotopic (exact) mass is 228 g/mol. The SMILES string of the molecule is Cc1ccc2[nH]cc(C3CC(N(C)C)C3)c2c1. The molecule has 2 nitrogen and oxygen atoms in total. The smallest absolute Gasteiger partial charge is 0.0457 e. The van der Waals surface area contributed by atoms with E-state index in [2.05, 4.69) is 55.3 Å². The van der Waals surface area contributed by atoms with Crippen LogP contribution in [0.25, 0.3) is 10.9 Å². The molecule has 0 unspecified atom stereocenters. The Morgan fingerprint density at radius 2 is 2.00 bits per heavy atom. The van der Waals surface area contributed by atoms with E-state index in [-0.39, 0.29) is 0 Å². The maximum atomic E-state index is 3.39. The molecule has 1 aliphatic rings. The van der Waals surface area contributed by atoms with Crippen molar-refractivity contribution in [2.45, 2.75) is 31.7 Å². The third-order valence-corrected chi connectivity index (χ3v) is 4.15. The Morgan fingerprint density at radius 1 is 1.24 bits per heavy atom. The molecule has 2 aromatic rings. The Kier molecular flexibility index (Phi) is 2.48. The van der Waals surface area contributed by atoms with Crippen molar-refractivity contribution < 1.29 is 0 Å². The first-order chi connectivity index (χ1) is 8.15. The molecule has 2 heteroatoms. The van der Waals surface area contributed by atoms with Crippen molar-refractivity contribution in [1.29, 1.82) is 0 Å². The molecule has 0 radical (unpaired) electrons. The fourth-order valence-corrected chi connectivity index (χ4v) is 2.86. The van der Waals surface area contributed by atoms with E-state index < -0.39 is 0 Å². The van der Waals surface area contributed by atoms with E-state index in [1.165, 1.54) is 34.9 Å². The van der Waals surface area contributed by atoms with Crippen molar-refractivity contribution >= 4 is 10.9 Å². The van der Waals surface area contributed by atoms with Crippen LogP contribution in [0, 0.1) is 6.92 Å². The highest BCUT2D eigenvalue weighted by Crippen LogP contribution is 2.41. The molecule has 1 aromatic heterocycles. The second kappa shape index (κ2) is 3.88. The molecule has 0 amide bonds. The summed E-state index contributed by atoms with van der Waals surface area (Å²) in [7, 11) is 4.36. The van der Waals surface area contributed by atoms with Gasteiger partial charge in [-0.05, 0) is 57.5 Å². The molecule has 1 aromatic carbocycles. The fraction of sp³-hybridized carbons (Fsp3) is 0.467. The van der Waals surface area contributed by atoms with Crippen molar-refractivity contribution in [3.05, 3.63) is 35.5 Å². The van der Waals surface area contributed by atoms with E-state index in [4.69, 9.17) is 0 Å². The van der Waals surface area contributed by atoms with Crippen molar-refractivity contribution in [1.82, 2.24) is 9.88 Å². The summed E-state index contributed by atoms with van der Waals surface area (Å²) in [5.74, 6) is 0.748. The van der Waals surface area contributed by atoms with Crippen molar-refractivity contribution in [2.75, 3.05) is 14.1 Å². The lowest BCUT2D eigenvalue weighted by Gasteiger charge is -2.39. The first kappa shape index (κ1) is 10.8. The highest BCUT2D eigenvalue weighted by atomic mass is 15.1. The molecule has 1 saturated carbocycles. The van der Waals surface area contributed by atoms with Crippen LogP contribution in [0.3, 0.4) is 0 Å². The lowest BCUT2D eigenvalue weighted by Crippen LogP contribution is -2.39. The molecular weight excluding hydrogens is 208 g/mol. The average Bonchev–Trinajstić information content (AvgIpc) is 2.59. The van der Waals surface area contributed by atoms with Gasteiger partial charge in [-0.25, -0.2) is 0 Å². The average molecular weight is 228 g/mol. The third-order valence-electron chi connectivity index (χ3n) is 4.15. The van der Waals surface area contributed by atoms with Crippen LogP contribution in [-0.4, -0.2) is 30.0 Å². The van der Waals surface area contributed by atoms with E-state index in [0.717, 1.165) is 12.0 Å². The second-order valence-corrected chi connectivity index (χ2v) is 5.58. The van der Waals surface area contributed by atoms with E-state index in [9.17, 15) is 0 Å². The minimum atomic E-state index is 0.748. The molecule has 3 rings (SSSR count). The van der Waals surface area contributed by atoms with Crippen LogP contribution >= 0.6 is 0 Å². The standard InChI is InChI=1S/C15H20N2/c1-10-4-5-15-13(6-10)14(9-16-15)11-7-12(8-11)17(2)3/h4-6,9,11-12,16H,7-8H2,1-3H3. The fourth-order valence-electron chi connectivity index (χ4n) is 2.86. The first-order valence-corrected chi connectivity index (χ1v) is 6.39. The summed E-state index contributed by atoms with van der Waals surface area (Å²) in [5, 5.41) is 1.42. The van der Waals surface area contributed by atoms with Crippen LogP contribution in [0.15, 0.2) is 24.4 Å². The predicted octanol–water partition coefficient (Wildman–Crippen LogP) is 3.28. The maximum absolute atomic E-state index is 3.39. The zero-order chi connectivity index (χ0) is 12.0. The second-order valence-electron chi connectivity index (χ2n) is 5.58. The summed E-state index contributed by atoms with van der Waals surface area (Å²) in [6, 6.07) is 7.45. The van der Waals surface area contributed by atoms with Crippen molar-refractivity contribution in [3.63, 3.8) is 0 Å². The number of hydrogen-bond acceptors (Lipinski definition) is 1. The Morgan fingerprint density at radius 3 is 2.71 bits per heavy atom. The number of benzene rings is 1. The molecule has 0 bridgehead atoms. The third kappa shape index (κ3) is 1.77. The number of hydrogen-bond donors (Lipinski definition) is 1. The normalized spacial score (nSPS) is 24.2. The van der Waals surface area contributed by atoms with E-state index in [0.29, 0.717) is 0 Å². The molecule has 1 heterocycles. The van der Waals surface area contributed by atoms with Gasteiger partial charge in [0.1, 0.15) is 0 Å². The van der Waals surface area contributed by atoms with Crippen LogP contribution in [0.5, 0.6) is 0 Å². The van der Waals surface area contributed by atoms with Gasteiger partial charge in [0.25, 0.3) is 0 Å². The summed E-state index contributed by atoms with van der Waals surface area (Å²) in [6.45, 7) is 2.17. The molecular formula is C15H20N2. The number of aromatic amines is 1. The van der Waals surface area contributed by atoms with E-state index >= 15 is 0 Å². The zero-order valence-electron chi connectivity index (χ0n) is 10.8. The predicted molar refractivity (Wildman–Crippen MR) is 72.5 cm³/mol. The van der Waals surface area contributed by atoms with Crippen LogP contribution in [-0.2, 0) is 0 Å². The van der Waals surface area contributed by atoms with E-state index in [1.807, 2.05) is 0 Å². The number of nitrogens with one attached hydrogen (secondary N) is 1. The van der Waals surface area contributed by atoms with Gasteiger partial charge in [-0.15, -0.1) is 0 Å². The van der Waals surface area contributed by atoms with Gasteiger partial charge >= 0.3 is 0 Å². The van der Waals surface area contributed by atoms with Gasteiger partial charge in [0.05, 0.1) is 0 Å². The molecule has 0 atom stereocenters. The van der Waals surface area contributed by atoms with Gasteiger partial charge in [-0.1, -0.05) is 11.6 Å². The first-order valence-electron chi connectivity index (χ1n) is 6.39. The van der Waals surface area contributed by atoms with Crippen LogP contribution in [0.2, 0.25) is 0 Å². The highest BCUT2D eigenvalue weighted by molar-refractivity contribution is 5.84. The number of aromatic nitrogens is 1. The Labute approximate surface area is 103 Å². The topological polar surface area (TPSA) is 19.0 Å². The lowest BCUT2D eigenvalue weighted by molar-refractivity contribution is 0.167. The van der Waals surface area contributed by atoms with Crippen LogP contribution in [0.4, 0.5) is 0 Å². The van der Waals surface area contributed by atoms with Crippen molar-refractivity contribution in [2.24, 2.45) is 0 Å². The summed E-state index contributed by atoms with van der Waals surface area (Å²) in [6.07, 6.45) is 4.81. The van der Waals surface area contributed by atoms with Crippen LogP contribution in [0.1, 0.15) is 29.9 Å². The minimum absolute atomic E-state index is 0.748. The van der Waals surface area contributed by atoms with Gasteiger partial charge in [0.2, 0.25) is 0 Å². The van der Waals surface area contributed by atoms with E-state index in [1.54, 1.807) is 0 Å². The zero-order valence-corrected chi connectivity index (χ0v) is 10.8. The van der Waals surface area contributed by atoms with Crippen molar-refractivity contribution in [3.8, 4) is 0 Å². The Bertz CT molecular complexity index is 533. The summed E-state index contributed by atoms with van der Waals surface area (Å²) in [4.78, 5) is 5.74. The summed E-state index contributed by atoms with van der Waals surface area (Å²) >= 11 is 0. The quantitative estimate of drug-likeness (QED) is 0.835. The molecule has 1 aliphatic carbocycles. The molecule has 1 N–H and O–H groups in total. The van der Waals surface area contributed by atoms with Gasteiger partial charge in [0, 0.05) is 23.1 Å². The number of rotatable bonds is 2. The minimum Gasteiger partial charge on any atom is -0.361 e. The van der Waals surface area contributed by atoms with Gasteiger partial charge < -0.3 is 9.88 Å². The number of H-pyrrole nitrogens is 1. The van der Waals surface area contributed by atoms with Crippen LogP contribution < -0.4 is 0 Å². The summed E-state index contributed by atoms with van der Waals surface area (Å²) in [5.41, 5.74) is 4.14. The molecule has 17 heavy (non-hydrogen) atoms. The number of aryl methyl sites for hydroxylation is 1.